The average molecular weight is 340 g/mol. The van der Waals surface area contributed by atoms with Crippen molar-refractivity contribution in [1.82, 2.24) is 10.6 Å². The van der Waals surface area contributed by atoms with Crippen molar-refractivity contribution in [3.05, 3.63) is 78.1 Å². The largest absolute Gasteiger partial charge is 0.497 e. The van der Waals surface area contributed by atoms with Crippen LogP contribution >= 0.6 is 0 Å². The number of hydrogen-bond acceptors (Lipinski definition) is 5. The van der Waals surface area contributed by atoms with Crippen LogP contribution in [0, 0.1) is 0 Å². The molecule has 0 aliphatic rings. The van der Waals surface area contributed by atoms with Gasteiger partial charge >= 0.3 is 0 Å². The number of benzene rings is 1. The van der Waals surface area contributed by atoms with E-state index in [0.29, 0.717) is 11.3 Å². The van der Waals surface area contributed by atoms with Gasteiger partial charge < -0.3 is 24.2 Å². The number of furan rings is 2. The highest BCUT2D eigenvalue weighted by molar-refractivity contribution is 5.94. The topological polar surface area (TPSA) is 93.7 Å². The molecule has 2 heterocycles. The average Bonchev–Trinajstić information content (AvgIpc) is 3.34. The molecule has 2 N–H and O–H groups in total. The van der Waals surface area contributed by atoms with Crippen LogP contribution in [0.25, 0.3) is 0 Å². The SMILES string of the molecule is COc1cccc(C(NC(=O)c2ccco2)NC(=O)c2ccco2)c1. The number of nitrogens with one attached hydrogen (secondary N) is 2. The highest BCUT2D eigenvalue weighted by atomic mass is 16.5. The van der Waals surface area contributed by atoms with Crippen molar-refractivity contribution < 1.29 is 23.2 Å². The highest BCUT2D eigenvalue weighted by Gasteiger charge is 2.21. The van der Waals surface area contributed by atoms with Gasteiger partial charge in [0, 0.05) is 0 Å². The van der Waals surface area contributed by atoms with Crippen LogP contribution in [-0.2, 0) is 0 Å². The van der Waals surface area contributed by atoms with Gasteiger partial charge in [0.1, 0.15) is 11.9 Å². The summed E-state index contributed by atoms with van der Waals surface area (Å²) in [5, 5.41) is 5.44. The molecule has 0 saturated carbocycles. The van der Waals surface area contributed by atoms with Crippen molar-refractivity contribution in [3.63, 3.8) is 0 Å². The maximum Gasteiger partial charge on any atom is 0.288 e. The molecule has 2 aromatic heterocycles. The molecule has 25 heavy (non-hydrogen) atoms. The van der Waals surface area contributed by atoms with Crippen LogP contribution in [0.3, 0.4) is 0 Å². The van der Waals surface area contributed by atoms with Crippen LogP contribution in [0.1, 0.15) is 32.8 Å². The van der Waals surface area contributed by atoms with Crippen LogP contribution in [0.5, 0.6) is 5.75 Å². The Morgan fingerprint density at radius 3 is 2.00 bits per heavy atom. The Hall–Kier alpha value is -3.48. The van der Waals surface area contributed by atoms with Crippen molar-refractivity contribution >= 4 is 11.8 Å². The van der Waals surface area contributed by atoms with Crippen LogP contribution < -0.4 is 15.4 Å². The fourth-order valence-electron chi connectivity index (χ4n) is 2.24. The maximum atomic E-state index is 12.3. The van der Waals surface area contributed by atoms with Crippen LogP contribution in [0.15, 0.2) is 69.9 Å². The van der Waals surface area contributed by atoms with Crippen LogP contribution in [0.4, 0.5) is 0 Å². The van der Waals surface area contributed by atoms with Crippen molar-refractivity contribution in [2.45, 2.75) is 6.17 Å². The molecule has 0 bridgehead atoms. The Balaban J connectivity index is 1.84. The lowest BCUT2D eigenvalue weighted by atomic mass is 10.1. The molecule has 0 fully saturated rings. The summed E-state index contributed by atoms with van der Waals surface area (Å²) in [7, 11) is 1.54. The molecule has 128 valence electrons. The van der Waals surface area contributed by atoms with Gasteiger partial charge in [-0.3, -0.25) is 9.59 Å². The van der Waals surface area contributed by atoms with Gasteiger partial charge in [-0.15, -0.1) is 0 Å². The van der Waals surface area contributed by atoms with Gasteiger partial charge in [-0.25, -0.2) is 0 Å². The second-order valence-electron chi connectivity index (χ2n) is 5.11. The fourth-order valence-corrected chi connectivity index (χ4v) is 2.24. The molecule has 1 aromatic carbocycles. The molecule has 0 saturated heterocycles. The Morgan fingerprint density at radius 1 is 0.920 bits per heavy atom. The first kappa shape index (κ1) is 16.4. The lowest BCUT2D eigenvalue weighted by molar-refractivity contribution is 0.0853. The fraction of sp³-hybridized carbons (Fsp3) is 0.111. The van der Waals surface area contributed by atoms with Crippen LogP contribution in [-0.4, -0.2) is 18.9 Å². The first-order chi connectivity index (χ1) is 12.2. The molecule has 0 spiro atoms. The minimum absolute atomic E-state index is 0.139. The maximum absolute atomic E-state index is 12.3. The second-order valence-corrected chi connectivity index (χ2v) is 5.11. The summed E-state index contributed by atoms with van der Waals surface area (Å²) < 4.78 is 15.4. The standard InChI is InChI=1S/C18H16N2O5/c1-23-13-6-2-5-12(11-13)16(19-17(21)14-7-3-9-24-14)20-18(22)15-8-4-10-25-15/h2-11,16H,1H3,(H,19,21)(H,20,22). The summed E-state index contributed by atoms with van der Waals surface area (Å²) in [5.41, 5.74) is 0.638. The van der Waals surface area contributed by atoms with E-state index in [1.165, 1.54) is 31.8 Å². The molecule has 0 radical (unpaired) electrons. The molecule has 0 unspecified atom stereocenters. The van der Waals surface area contributed by atoms with Crippen molar-refractivity contribution in [3.8, 4) is 5.75 Å². The summed E-state index contributed by atoms with van der Waals surface area (Å²) in [4.78, 5) is 24.6. The molecular weight excluding hydrogens is 324 g/mol. The third kappa shape index (κ3) is 3.89. The minimum atomic E-state index is -0.801. The van der Waals surface area contributed by atoms with Crippen LogP contribution in [0.2, 0.25) is 0 Å². The summed E-state index contributed by atoms with van der Waals surface area (Å²) in [6, 6.07) is 13.3. The van der Waals surface area contributed by atoms with E-state index in [4.69, 9.17) is 13.6 Å². The van der Waals surface area contributed by atoms with Gasteiger partial charge in [0.25, 0.3) is 11.8 Å². The van der Waals surface area contributed by atoms with E-state index >= 15 is 0 Å². The molecule has 7 heteroatoms. The number of ether oxygens (including phenoxy) is 1. The zero-order chi connectivity index (χ0) is 17.6. The van der Waals surface area contributed by atoms with Crippen molar-refractivity contribution in [2.75, 3.05) is 7.11 Å². The number of hydrogen-bond donors (Lipinski definition) is 2. The first-order valence-electron chi connectivity index (χ1n) is 7.50. The van der Waals surface area contributed by atoms with E-state index in [9.17, 15) is 9.59 Å². The lowest BCUT2D eigenvalue weighted by Gasteiger charge is -2.20. The molecule has 3 rings (SSSR count). The molecule has 0 atom stereocenters. The van der Waals surface area contributed by atoms with Crippen molar-refractivity contribution in [1.29, 1.82) is 0 Å². The van der Waals surface area contributed by atoms with Gasteiger partial charge in [0.15, 0.2) is 11.5 Å². The number of carbonyl (C=O) groups is 2. The Labute approximate surface area is 143 Å². The van der Waals surface area contributed by atoms with Gasteiger partial charge in [-0.05, 0) is 42.0 Å². The predicted molar refractivity (Wildman–Crippen MR) is 88.1 cm³/mol. The molecular formula is C18H16N2O5. The van der Waals surface area contributed by atoms with E-state index in [2.05, 4.69) is 10.6 Å². The van der Waals surface area contributed by atoms with E-state index in [1.54, 1.807) is 36.4 Å². The van der Waals surface area contributed by atoms with Gasteiger partial charge in [0.05, 0.1) is 19.6 Å². The van der Waals surface area contributed by atoms with E-state index in [-0.39, 0.29) is 11.5 Å². The van der Waals surface area contributed by atoms with Gasteiger partial charge in [-0.1, -0.05) is 12.1 Å². The third-order valence-corrected chi connectivity index (χ3v) is 3.47. The monoisotopic (exact) mass is 340 g/mol. The lowest BCUT2D eigenvalue weighted by Crippen LogP contribution is -2.41. The number of amides is 2. The zero-order valence-corrected chi connectivity index (χ0v) is 13.4. The minimum Gasteiger partial charge on any atom is -0.497 e. The molecule has 7 nitrogen and oxygen atoms in total. The van der Waals surface area contributed by atoms with Crippen molar-refractivity contribution in [2.24, 2.45) is 0 Å². The summed E-state index contributed by atoms with van der Waals surface area (Å²) >= 11 is 0. The number of rotatable bonds is 6. The summed E-state index contributed by atoms with van der Waals surface area (Å²) in [6.45, 7) is 0. The quantitative estimate of drug-likeness (QED) is 0.673. The molecule has 0 aliphatic heterocycles. The van der Waals surface area contributed by atoms with E-state index < -0.39 is 18.0 Å². The highest BCUT2D eigenvalue weighted by Crippen LogP contribution is 2.19. The number of methoxy groups -OCH3 is 1. The van der Waals surface area contributed by atoms with Gasteiger partial charge in [0.2, 0.25) is 0 Å². The first-order valence-corrected chi connectivity index (χ1v) is 7.50. The second kappa shape index (κ2) is 7.39. The Bertz CT molecular complexity index is 792. The summed E-state index contributed by atoms with van der Waals surface area (Å²) in [6.07, 6.45) is 2.00. The summed E-state index contributed by atoms with van der Waals surface area (Å²) in [5.74, 6) is -0.0441. The zero-order valence-electron chi connectivity index (χ0n) is 13.4. The van der Waals surface area contributed by atoms with E-state index in [1.807, 2.05) is 0 Å². The third-order valence-electron chi connectivity index (χ3n) is 3.47. The number of carbonyl (C=O) groups excluding carboxylic acids is 2. The van der Waals surface area contributed by atoms with Gasteiger partial charge in [-0.2, -0.15) is 0 Å². The molecule has 0 aliphatic carbocycles. The molecule has 3 aromatic rings. The van der Waals surface area contributed by atoms with E-state index in [0.717, 1.165) is 0 Å². The molecule has 2 amide bonds. The normalized spacial score (nSPS) is 10.5. The Morgan fingerprint density at radius 2 is 1.52 bits per heavy atom. The predicted octanol–water partition coefficient (Wildman–Crippen LogP) is 2.74. The smallest absolute Gasteiger partial charge is 0.288 e. The Kier molecular flexibility index (Phi) is 4.84.